The second kappa shape index (κ2) is 1.74. The molecule has 1 atom stereocenters. The molecule has 1 nitrogen and oxygen atoms in total. The number of halogens is 1. The molecule has 2 heteroatoms. The summed E-state index contributed by atoms with van der Waals surface area (Å²) >= 11 is 5.05. The fourth-order valence-electron chi connectivity index (χ4n) is 0.469. The summed E-state index contributed by atoms with van der Waals surface area (Å²) in [5, 5.41) is -0.209. The van der Waals surface area contributed by atoms with Crippen molar-refractivity contribution in [2.75, 3.05) is 0 Å². The second-order valence-electron chi connectivity index (χ2n) is 1.79. The highest BCUT2D eigenvalue weighted by atomic mass is 35.5. The summed E-state index contributed by atoms with van der Waals surface area (Å²) < 4.78 is 0. The van der Waals surface area contributed by atoms with E-state index >= 15 is 0 Å². The third-order valence-electron chi connectivity index (χ3n) is 0.992. The van der Waals surface area contributed by atoms with Gasteiger partial charge in [-0.1, -0.05) is 0 Å². The number of hydrogen-bond acceptors (Lipinski definition) is 1. The molecule has 1 aliphatic carbocycles. The first-order valence-corrected chi connectivity index (χ1v) is 2.68. The lowest BCUT2D eigenvalue weighted by molar-refractivity contribution is -0.111. The molecule has 7 heavy (non-hydrogen) atoms. The number of carbonyl (C=O) groups excluding carboxylic acids is 1. The molecule has 0 amide bonds. The molecule has 0 N–H and O–H groups in total. The Labute approximate surface area is 47.7 Å². The monoisotopic (exact) mass is 117 g/mol. The SMILES string of the molecule is O=C(Cl)CC1[CH+]C1. The third kappa shape index (κ3) is 1.83. The van der Waals surface area contributed by atoms with Gasteiger partial charge in [0.05, 0.1) is 12.8 Å². The lowest BCUT2D eigenvalue weighted by atomic mass is 10.3. The first kappa shape index (κ1) is 4.98. The summed E-state index contributed by atoms with van der Waals surface area (Å²) in [7, 11) is 0. The highest BCUT2D eigenvalue weighted by molar-refractivity contribution is 6.63. The zero-order chi connectivity index (χ0) is 5.28. The molecule has 0 heterocycles. The maximum atomic E-state index is 10.0. The van der Waals surface area contributed by atoms with Crippen LogP contribution in [0.4, 0.5) is 0 Å². The van der Waals surface area contributed by atoms with Gasteiger partial charge in [0.2, 0.25) is 5.24 Å². The molecule has 0 aromatic rings. The normalized spacial score (nSPS) is 26.1. The second-order valence-corrected chi connectivity index (χ2v) is 2.21. The lowest BCUT2D eigenvalue weighted by Crippen LogP contribution is -1.85. The average molecular weight is 118 g/mol. The zero-order valence-electron chi connectivity index (χ0n) is 3.86. The Morgan fingerprint density at radius 1 is 2.00 bits per heavy atom. The van der Waals surface area contributed by atoms with Crippen LogP contribution in [0.1, 0.15) is 12.8 Å². The van der Waals surface area contributed by atoms with Crippen LogP contribution in [0, 0.1) is 12.3 Å². The fourth-order valence-corrected chi connectivity index (χ4v) is 0.667. The fraction of sp³-hybridized carbons (Fsp3) is 0.600. The standard InChI is InChI=1S/C5H6ClO/c6-5(7)3-4-1-2-4/h1,4H,2-3H2/q+1. The van der Waals surface area contributed by atoms with Crippen LogP contribution in [0.2, 0.25) is 0 Å². The minimum absolute atomic E-state index is 0.209. The van der Waals surface area contributed by atoms with Gasteiger partial charge < -0.3 is 0 Å². The van der Waals surface area contributed by atoms with Crippen LogP contribution in [-0.4, -0.2) is 5.24 Å². The van der Waals surface area contributed by atoms with E-state index in [0.717, 1.165) is 6.42 Å². The van der Waals surface area contributed by atoms with Gasteiger partial charge in [-0.3, -0.25) is 4.79 Å². The van der Waals surface area contributed by atoms with Crippen LogP contribution in [0.5, 0.6) is 0 Å². The minimum Gasteiger partial charge on any atom is -0.281 e. The molecule has 38 valence electrons. The van der Waals surface area contributed by atoms with E-state index in [1.165, 1.54) is 0 Å². The van der Waals surface area contributed by atoms with Crippen molar-refractivity contribution in [1.82, 2.24) is 0 Å². The van der Waals surface area contributed by atoms with E-state index in [2.05, 4.69) is 6.42 Å². The molecule has 1 saturated carbocycles. The van der Waals surface area contributed by atoms with Gasteiger partial charge in [-0.05, 0) is 11.6 Å². The van der Waals surface area contributed by atoms with E-state index in [0.29, 0.717) is 12.3 Å². The third-order valence-corrected chi connectivity index (χ3v) is 1.15. The average Bonchev–Trinajstić information content (AvgIpc) is 2.17. The smallest absolute Gasteiger partial charge is 0.226 e. The van der Waals surface area contributed by atoms with Crippen molar-refractivity contribution in [1.29, 1.82) is 0 Å². The molecule has 0 aromatic heterocycles. The van der Waals surface area contributed by atoms with Crippen LogP contribution in [0.3, 0.4) is 0 Å². The maximum Gasteiger partial charge on any atom is 0.226 e. The Morgan fingerprint density at radius 3 is 2.71 bits per heavy atom. The Balaban J connectivity index is 2.08. The molecule has 0 aromatic carbocycles. The molecular formula is C5H6ClO+. The Hall–Kier alpha value is -0.170. The van der Waals surface area contributed by atoms with Gasteiger partial charge in [-0.15, -0.1) is 0 Å². The lowest BCUT2D eigenvalue weighted by Gasteiger charge is -1.74. The van der Waals surface area contributed by atoms with Crippen molar-refractivity contribution in [3.05, 3.63) is 6.42 Å². The van der Waals surface area contributed by atoms with Gasteiger partial charge in [-0.25, -0.2) is 0 Å². The molecule has 0 saturated heterocycles. The highest BCUT2D eigenvalue weighted by Gasteiger charge is 2.36. The summed E-state index contributed by atoms with van der Waals surface area (Å²) in [5.74, 6) is 0.519. The molecule has 1 fully saturated rings. The van der Waals surface area contributed by atoms with Crippen molar-refractivity contribution in [2.24, 2.45) is 5.92 Å². The largest absolute Gasteiger partial charge is 0.281 e. The first-order valence-electron chi connectivity index (χ1n) is 2.30. The van der Waals surface area contributed by atoms with Crippen LogP contribution in [0.25, 0.3) is 0 Å². The molecule has 0 radical (unpaired) electrons. The van der Waals surface area contributed by atoms with Crippen LogP contribution < -0.4 is 0 Å². The van der Waals surface area contributed by atoms with Crippen molar-refractivity contribution < 1.29 is 4.79 Å². The van der Waals surface area contributed by atoms with Crippen molar-refractivity contribution in [3.63, 3.8) is 0 Å². The van der Waals surface area contributed by atoms with Gasteiger partial charge in [0.15, 0.2) is 0 Å². The van der Waals surface area contributed by atoms with E-state index in [1.54, 1.807) is 0 Å². The van der Waals surface area contributed by atoms with E-state index in [-0.39, 0.29) is 5.24 Å². The van der Waals surface area contributed by atoms with E-state index in [9.17, 15) is 4.79 Å². The van der Waals surface area contributed by atoms with Gasteiger partial charge >= 0.3 is 0 Å². The summed E-state index contributed by atoms with van der Waals surface area (Å²) in [4.78, 5) is 10.0. The minimum atomic E-state index is -0.209. The zero-order valence-corrected chi connectivity index (χ0v) is 4.61. The number of carbonyl (C=O) groups is 1. The Bertz CT molecular complexity index is 86.1. The van der Waals surface area contributed by atoms with Gasteiger partial charge in [0.25, 0.3) is 0 Å². The molecule has 1 rings (SSSR count). The molecule has 0 bridgehead atoms. The molecule has 0 aliphatic heterocycles. The summed E-state index contributed by atoms with van der Waals surface area (Å²) in [5.41, 5.74) is 0. The maximum absolute atomic E-state index is 10.0. The summed E-state index contributed by atoms with van der Waals surface area (Å²) in [6, 6.07) is 0. The number of hydrogen-bond donors (Lipinski definition) is 0. The molecular weight excluding hydrogens is 112 g/mol. The molecule has 0 spiro atoms. The van der Waals surface area contributed by atoms with Crippen molar-refractivity contribution in [2.45, 2.75) is 12.8 Å². The Morgan fingerprint density at radius 2 is 2.57 bits per heavy atom. The predicted octanol–water partition coefficient (Wildman–Crippen LogP) is 1.37. The quantitative estimate of drug-likeness (QED) is 0.394. The van der Waals surface area contributed by atoms with Gasteiger partial charge in [0.1, 0.15) is 12.3 Å². The van der Waals surface area contributed by atoms with Gasteiger partial charge in [0, 0.05) is 0 Å². The topological polar surface area (TPSA) is 17.1 Å². The summed E-state index contributed by atoms with van der Waals surface area (Å²) in [6.07, 6.45) is 3.71. The van der Waals surface area contributed by atoms with Crippen LogP contribution in [-0.2, 0) is 4.79 Å². The van der Waals surface area contributed by atoms with E-state index < -0.39 is 0 Å². The van der Waals surface area contributed by atoms with Crippen LogP contribution in [0.15, 0.2) is 0 Å². The molecule has 1 unspecified atom stereocenters. The van der Waals surface area contributed by atoms with Crippen molar-refractivity contribution in [3.8, 4) is 0 Å². The van der Waals surface area contributed by atoms with Crippen molar-refractivity contribution >= 4 is 16.8 Å². The predicted molar refractivity (Wildman–Crippen MR) is 27.9 cm³/mol. The number of rotatable bonds is 2. The first-order chi connectivity index (χ1) is 3.29. The van der Waals surface area contributed by atoms with E-state index in [1.807, 2.05) is 0 Å². The van der Waals surface area contributed by atoms with Gasteiger partial charge in [-0.2, -0.15) is 0 Å². The molecule has 1 aliphatic rings. The summed E-state index contributed by atoms with van der Waals surface area (Å²) in [6.45, 7) is 0. The van der Waals surface area contributed by atoms with E-state index in [4.69, 9.17) is 11.6 Å². The van der Waals surface area contributed by atoms with Crippen LogP contribution >= 0.6 is 11.6 Å². The Kier molecular flexibility index (Phi) is 1.24. The highest BCUT2D eigenvalue weighted by Crippen LogP contribution is 2.31.